The van der Waals surface area contributed by atoms with Gasteiger partial charge in [-0.3, -0.25) is 4.79 Å². The van der Waals surface area contributed by atoms with Crippen LogP contribution in [-0.2, 0) is 4.79 Å². The topological polar surface area (TPSA) is 63.3 Å². The van der Waals surface area contributed by atoms with E-state index >= 15 is 0 Å². The third-order valence-electron chi connectivity index (χ3n) is 0.896. The molecule has 0 aliphatic rings. The highest BCUT2D eigenvalue weighted by molar-refractivity contribution is 6.20. The molecule has 3 nitrogen and oxygen atoms in total. The Morgan fingerprint density at radius 1 is 1.80 bits per heavy atom. The van der Waals surface area contributed by atoms with Gasteiger partial charge in [0.05, 0.1) is 0 Å². The Bertz CT molecular complexity index is 108. The molecule has 3 N–H and O–H groups in total. The molecule has 0 fully saturated rings. The van der Waals surface area contributed by atoms with Crippen LogP contribution >= 0.6 is 24.0 Å². The zero-order valence-corrected chi connectivity index (χ0v) is 7.15. The van der Waals surface area contributed by atoms with Crippen LogP contribution in [0.15, 0.2) is 0 Å². The molecule has 0 aliphatic carbocycles. The SMILES string of the molecule is CC(Cl)C[C@H](N)C(=O)O.Cl. The van der Waals surface area contributed by atoms with Gasteiger partial charge in [0.25, 0.3) is 0 Å². The van der Waals surface area contributed by atoms with E-state index in [1.54, 1.807) is 6.92 Å². The number of rotatable bonds is 3. The van der Waals surface area contributed by atoms with Gasteiger partial charge < -0.3 is 10.8 Å². The Hall–Kier alpha value is 0.01000. The van der Waals surface area contributed by atoms with Gasteiger partial charge in [0.2, 0.25) is 0 Å². The molecule has 0 bridgehead atoms. The summed E-state index contributed by atoms with van der Waals surface area (Å²) in [6.45, 7) is 1.71. The van der Waals surface area contributed by atoms with Gasteiger partial charge in [-0.15, -0.1) is 24.0 Å². The standard InChI is InChI=1S/C5H10ClNO2.ClH/c1-3(6)2-4(7)5(8)9;/h3-4H,2,7H2,1H3,(H,8,9);1H/t3?,4-;/m0./s1. The molecular formula is C5H11Cl2NO2. The molecule has 0 saturated heterocycles. The number of carboxylic acids is 1. The lowest BCUT2D eigenvalue weighted by molar-refractivity contribution is -0.138. The van der Waals surface area contributed by atoms with Crippen molar-refractivity contribution in [2.45, 2.75) is 24.8 Å². The first-order chi connectivity index (χ1) is 4.04. The van der Waals surface area contributed by atoms with Gasteiger partial charge in [0.1, 0.15) is 6.04 Å². The maximum absolute atomic E-state index is 10.1. The third-order valence-corrected chi connectivity index (χ3v) is 1.07. The zero-order chi connectivity index (χ0) is 7.44. The van der Waals surface area contributed by atoms with Gasteiger partial charge in [-0.2, -0.15) is 0 Å². The van der Waals surface area contributed by atoms with E-state index in [-0.39, 0.29) is 17.8 Å². The normalized spacial score (nSPS) is 15.1. The van der Waals surface area contributed by atoms with Crippen molar-refractivity contribution < 1.29 is 9.90 Å². The fourth-order valence-corrected chi connectivity index (χ4v) is 0.643. The lowest BCUT2D eigenvalue weighted by Gasteiger charge is -2.05. The average molecular weight is 188 g/mol. The van der Waals surface area contributed by atoms with E-state index in [4.69, 9.17) is 22.4 Å². The molecule has 0 aromatic heterocycles. The smallest absolute Gasteiger partial charge is 0.320 e. The van der Waals surface area contributed by atoms with Crippen molar-refractivity contribution in [3.8, 4) is 0 Å². The summed E-state index contributed by atoms with van der Waals surface area (Å²) in [5, 5.41) is 8.08. The minimum atomic E-state index is -0.998. The maximum atomic E-state index is 10.1. The summed E-state index contributed by atoms with van der Waals surface area (Å²) in [4.78, 5) is 10.1. The van der Waals surface area contributed by atoms with E-state index in [2.05, 4.69) is 0 Å². The van der Waals surface area contributed by atoms with Gasteiger partial charge >= 0.3 is 5.97 Å². The molecule has 1 unspecified atom stereocenters. The Morgan fingerprint density at radius 3 is 2.30 bits per heavy atom. The van der Waals surface area contributed by atoms with Gasteiger partial charge in [-0.1, -0.05) is 0 Å². The van der Waals surface area contributed by atoms with Crippen LogP contribution in [0.25, 0.3) is 0 Å². The Balaban J connectivity index is 0. The van der Waals surface area contributed by atoms with Crippen molar-refractivity contribution in [1.29, 1.82) is 0 Å². The third kappa shape index (κ3) is 6.13. The van der Waals surface area contributed by atoms with Crippen molar-refractivity contribution >= 4 is 30.0 Å². The highest BCUT2D eigenvalue weighted by Crippen LogP contribution is 2.02. The van der Waals surface area contributed by atoms with Crippen molar-refractivity contribution in [2.75, 3.05) is 0 Å². The molecule has 10 heavy (non-hydrogen) atoms. The van der Waals surface area contributed by atoms with E-state index in [0.717, 1.165) is 0 Å². The Labute approximate surface area is 71.0 Å². The molecule has 62 valence electrons. The quantitative estimate of drug-likeness (QED) is 0.645. The number of halogens is 2. The predicted molar refractivity (Wildman–Crippen MR) is 42.8 cm³/mol. The number of hydrogen-bond donors (Lipinski definition) is 2. The summed E-state index contributed by atoms with van der Waals surface area (Å²) in [7, 11) is 0. The number of carboxylic acid groups (broad SMARTS) is 1. The molecule has 0 aromatic rings. The largest absolute Gasteiger partial charge is 0.480 e. The summed E-state index contributed by atoms with van der Waals surface area (Å²) in [6.07, 6.45) is 0.316. The number of nitrogens with two attached hydrogens (primary N) is 1. The number of carbonyl (C=O) groups is 1. The van der Waals surface area contributed by atoms with Crippen molar-refractivity contribution in [3.05, 3.63) is 0 Å². The monoisotopic (exact) mass is 187 g/mol. The number of hydrogen-bond acceptors (Lipinski definition) is 2. The van der Waals surface area contributed by atoms with Gasteiger partial charge in [0, 0.05) is 5.38 Å². The highest BCUT2D eigenvalue weighted by Gasteiger charge is 2.13. The second kappa shape index (κ2) is 5.77. The van der Waals surface area contributed by atoms with Crippen LogP contribution in [0.5, 0.6) is 0 Å². The molecular weight excluding hydrogens is 177 g/mol. The first-order valence-corrected chi connectivity index (χ1v) is 3.10. The van der Waals surface area contributed by atoms with Crippen LogP contribution in [0, 0.1) is 0 Å². The second-order valence-electron chi connectivity index (χ2n) is 1.96. The van der Waals surface area contributed by atoms with Crippen LogP contribution in [0.2, 0.25) is 0 Å². The van der Waals surface area contributed by atoms with Gasteiger partial charge in [-0.25, -0.2) is 0 Å². The maximum Gasteiger partial charge on any atom is 0.320 e. The van der Waals surface area contributed by atoms with Gasteiger partial charge in [-0.05, 0) is 13.3 Å². The highest BCUT2D eigenvalue weighted by atomic mass is 35.5. The molecule has 0 rings (SSSR count). The Kier molecular flexibility index (Phi) is 7.31. The fraction of sp³-hybridized carbons (Fsp3) is 0.800. The Morgan fingerprint density at radius 2 is 2.20 bits per heavy atom. The van der Waals surface area contributed by atoms with E-state index < -0.39 is 12.0 Å². The van der Waals surface area contributed by atoms with Crippen molar-refractivity contribution in [1.82, 2.24) is 0 Å². The minimum Gasteiger partial charge on any atom is -0.480 e. The predicted octanol–water partition coefficient (Wildman–Crippen LogP) is 0.837. The molecule has 0 saturated carbocycles. The van der Waals surface area contributed by atoms with Crippen molar-refractivity contribution in [3.63, 3.8) is 0 Å². The van der Waals surface area contributed by atoms with Crippen LogP contribution in [0.4, 0.5) is 0 Å². The summed E-state index contributed by atoms with van der Waals surface area (Å²) in [6, 6.07) is -0.822. The summed E-state index contributed by atoms with van der Waals surface area (Å²) in [5.41, 5.74) is 5.13. The van der Waals surface area contributed by atoms with Crippen LogP contribution in [0.3, 0.4) is 0 Å². The zero-order valence-electron chi connectivity index (χ0n) is 5.58. The molecule has 2 atom stereocenters. The summed E-state index contributed by atoms with van der Waals surface area (Å²) < 4.78 is 0. The first kappa shape index (κ1) is 12.7. The van der Waals surface area contributed by atoms with Crippen molar-refractivity contribution in [2.24, 2.45) is 5.73 Å². The first-order valence-electron chi connectivity index (χ1n) is 2.66. The van der Waals surface area contributed by atoms with E-state index in [1.165, 1.54) is 0 Å². The van der Waals surface area contributed by atoms with Crippen LogP contribution in [0.1, 0.15) is 13.3 Å². The lowest BCUT2D eigenvalue weighted by atomic mass is 10.2. The molecule has 0 aliphatic heterocycles. The molecule has 0 aromatic carbocycles. The molecule has 5 heteroatoms. The minimum absolute atomic E-state index is 0. The fourth-order valence-electron chi connectivity index (χ4n) is 0.451. The summed E-state index contributed by atoms with van der Waals surface area (Å²) >= 11 is 5.47. The molecule has 0 spiro atoms. The van der Waals surface area contributed by atoms with E-state index in [0.29, 0.717) is 6.42 Å². The summed E-state index contributed by atoms with van der Waals surface area (Å²) in [5.74, 6) is -0.998. The average Bonchev–Trinajstić information content (AvgIpc) is 1.63. The number of alkyl halides is 1. The second-order valence-corrected chi connectivity index (χ2v) is 2.71. The molecule has 0 amide bonds. The van der Waals surface area contributed by atoms with Crippen LogP contribution < -0.4 is 5.73 Å². The van der Waals surface area contributed by atoms with Gasteiger partial charge in [0.15, 0.2) is 0 Å². The lowest BCUT2D eigenvalue weighted by Crippen LogP contribution is -2.31. The van der Waals surface area contributed by atoms with E-state index in [9.17, 15) is 4.79 Å². The van der Waals surface area contributed by atoms with Crippen LogP contribution in [-0.4, -0.2) is 22.5 Å². The molecule has 0 heterocycles. The molecule has 0 radical (unpaired) electrons. The number of aliphatic carboxylic acids is 1. The van der Waals surface area contributed by atoms with E-state index in [1.807, 2.05) is 0 Å².